The van der Waals surface area contributed by atoms with E-state index in [9.17, 15) is 9.59 Å². The normalized spacial score (nSPS) is 33.8. The Morgan fingerprint density at radius 2 is 1.43 bits per heavy atom. The Balaban J connectivity index is 0.00000156. The van der Waals surface area contributed by atoms with Crippen molar-refractivity contribution in [1.29, 1.82) is 0 Å². The highest BCUT2D eigenvalue weighted by molar-refractivity contribution is 5.88. The number of rotatable bonds is 3. The van der Waals surface area contributed by atoms with E-state index < -0.39 is 5.97 Å². The second kappa shape index (κ2) is 5.82. The Hall–Kier alpha value is -1.55. The van der Waals surface area contributed by atoms with Gasteiger partial charge in [0.15, 0.2) is 0 Å². The molecule has 0 spiro atoms. The van der Waals surface area contributed by atoms with Crippen molar-refractivity contribution in [3.8, 4) is 5.75 Å². The van der Waals surface area contributed by atoms with E-state index in [0.29, 0.717) is 23.5 Å². The van der Waals surface area contributed by atoms with Crippen LogP contribution >= 0.6 is 12.4 Å². The van der Waals surface area contributed by atoms with Gasteiger partial charge in [0, 0.05) is 0 Å². The Morgan fingerprint density at radius 3 is 1.87 bits per heavy atom. The summed E-state index contributed by atoms with van der Waals surface area (Å²) < 4.78 is 5.60. The van der Waals surface area contributed by atoms with E-state index in [0.717, 1.165) is 19.3 Å². The number of carbonyl (C=O) groups excluding carboxylic acids is 1. The molecule has 0 atom stereocenters. The van der Waals surface area contributed by atoms with Crippen molar-refractivity contribution in [3.63, 3.8) is 0 Å². The molecule has 23 heavy (non-hydrogen) atoms. The quantitative estimate of drug-likeness (QED) is 0.671. The summed E-state index contributed by atoms with van der Waals surface area (Å²) in [5.41, 5.74) is -0.0742. The summed E-state index contributed by atoms with van der Waals surface area (Å²) in [5, 5.41) is 8.90. The zero-order valence-electron chi connectivity index (χ0n) is 12.9. The second-order valence-electron chi connectivity index (χ2n) is 7.42. The van der Waals surface area contributed by atoms with Crippen LogP contribution in [0.5, 0.6) is 5.75 Å². The summed E-state index contributed by atoms with van der Waals surface area (Å²) in [4.78, 5) is 23.6. The molecule has 1 N–H and O–H groups in total. The highest BCUT2D eigenvalue weighted by Gasteiger charge is 2.55. The van der Waals surface area contributed by atoms with Crippen molar-refractivity contribution >= 4 is 24.3 Å². The molecule has 1 aromatic rings. The minimum absolute atomic E-state index is 0. The molecule has 4 aliphatic carbocycles. The second-order valence-corrected chi connectivity index (χ2v) is 7.42. The van der Waals surface area contributed by atoms with Gasteiger partial charge in [-0.25, -0.2) is 4.79 Å². The van der Waals surface area contributed by atoms with Crippen LogP contribution in [0.4, 0.5) is 0 Å². The van der Waals surface area contributed by atoms with E-state index >= 15 is 0 Å². The predicted molar refractivity (Wildman–Crippen MR) is 86.9 cm³/mol. The van der Waals surface area contributed by atoms with Crippen LogP contribution in [0, 0.1) is 23.2 Å². The molecule has 4 saturated carbocycles. The molecule has 0 aromatic heterocycles. The minimum Gasteiger partial charge on any atom is -0.478 e. The number of aromatic carboxylic acids is 1. The third-order valence-corrected chi connectivity index (χ3v) is 5.78. The zero-order valence-corrected chi connectivity index (χ0v) is 13.7. The Labute approximate surface area is 141 Å². The monoisotopic (exact) mass is 336 g/mol. The van der Waals surface area contributed by atoms with E-state index in [1.807, 2.05) is 0 Å². The first kappa shape index (κ1) is 16.3. The minimum atomic E-state index is -0.973. The predicted octanol–water partition coefficient (Wildman–Crippen LogP) is 3.93. The topological polar surface area (TPSA) is 63.6 Å². The van der Waals surface area contributed by atoms with E-state index in [2.05, 4.69) is 0 Å². The molecule has 4 bridgehead atoms. The van der Waals surface area contributed by atoms with Crippen LogP contribution in [0.1, 0.15) is 48.9 Å². The largest absolute Gasteiger partial charge is 0.478 e. The summed E-state index contributed by atoms with van der Waals surface area (Å²) in [6, 6.07) is 6.10. The maximum Gasteiger partial charge on any atom is 0.335 e. The first-order chi connectivity index (χ1) is 10.5. The fourth-order valence-electron chi connectivity index (χ4n) is 5.24. The van der Waals surface area contributed by atoms with Crippen LogP contribution in [0.2, 0.25) is 0 Å². The lowest BCUT2D eigenvalue weighted by Gasteiger charge is -2.55. The lowest BCUT2D eigenvalue weighted by Crippen LogP contribution is -2.51. The van der Waals surface area contributed by atoms with Gasteiger partial charge in [-0.3, -0.25) is 4.79 Å². The first-order valence-electron chi connectivity index (χ1n) is 8.10. The van der Waals surface area contributed by atoms with Gasteiger partial charge in [-0.15, -0.1) is 12.4 Å². The third-order valence-electron chi connectivity index (χ3n) is 5.78. The van der Waals surface area contributed by atoms with Gasteiger partial charge in [-0.2, -0.15) is 0 Å². The number of carboxylic acids is 1. The van der Waals surface area contributed by atoms with Crippen molar-refractivity contribution in [1.82, 2.24) is 0 Å². The first-order valence-corrected chi connectivity index (χ1v) is 8.10. The molecule has 0 amide bonds. The van der Waals surface area contributed by atoms with E-state index in [4.69, 9.17) is 9.84 Å². The number of benzene rings is 1. The number of hydrogen-bond acceptors (Lipinski definition) is 3. The van der Waals surface area contributed by atoms with Gasteiger partial charge in [-0.1, -0.05) is 0 Å². The SMILES string of the molecule is Cl.O=C(O)c1ccc(OC(=O)C23CC4CC(CC(C4)C2)C3)cc1. The zero-order chi connectivity index (χ0) is 15.3. The number of carboxylic acid groups (broad SMARTS) is 1. The van der Waals surface area contributed by atoms with Crippen molar-refractivity contribution in [3.05, 3.63) is 29.8 Å². The van der Waals surface area contributed by atoms with Crippen molar-refractivity contribution in [2.24, 2.45) is 23.2 Å². The lowest BCUT2D eigenvalue weighted by atomic mass is 9.49. The Bertz CT molecular complexity index is 587. The lowest BCUT2D eigenvalue weighted by molar-refractivity contribution is -0.161. The molecular formula is C18H21ClO4. The highest BCUT2D eigenvalue weighted by atomic mass is 35.5. The standard InChI is InChI=1S/C18H20O4.ClH/c19-16(20)14-1-3-15(4-2-14)22-17(21)18-8-11-5-12(9-18)7-13(6-11)10-18;/h1-4,11-13H,5-10H2,(H,19,20);1H. The molecule has 124 valence electrons. The number of hydrogen-bond donors (Lipinski definition) is 1. The van der Waals surface area contributed by atoms with E-state index in [1.165, 1.54) is 31.4 Å². The number of ether oxygens (including phenoxy) is 1. The molecule has 5 rings (SSSR count). The Kier molecular flexibility index (Phi) is 4.13. The maximum atomic E-state index is 12.7. The van der Waals surface area contributed by atoms with E-state index in [1.54, 1.807) is 12.1 Å². The fourth-order valence-corrected chi connectivity index (χ4v) is 5.24. The molecule has 0 saturated heterocycles. The van der Waals surface area contributed by atoms with Crippen molar-refractivity contribution in [2.75, 3.05) is 0 Å². The van der Waals surface area contributed by atoms with Gasteiger partial charge < -0.3 is 9.84 Å². The smallest absolute Gasteiger partial charge is 0.335 e. The van der Waals surface area contributed by atoms with Crippen LogP contribution in [0.15, 0.2) is 24.3 Å². The van der Waals surface area contributed by atoms with Gasteiger partial charge in [0.05, 0.1) is 11.0 Å². The number of carbonyl (C=O) groups is 2. The summed E-state index contributed by atoms with van der Waals surface area (Å²) >= 11 is 0. The van der Waals surface area contributed by atoms with Crippen LogP contribution in [0.25, 0.3) is 0 Å². The van der Waals surface area contributed by atoms with Gasteiger partial charge in [-0.05, 0) is 80.5 Å². The molecule has 1 aromatic carbocycles. The van der Waals surface area contributed by atoms with Gasteiger partial charge in [0.2, 0.25) is 0 Å². The average molecular weight is 337 g/mol. The van der Waals surface area contributed by atoms with Crippen LogP contribution in [0.3, 0.4) is 0 Å². The van der Waals surface area contributed by atoms with Crippen molar-refractivity contribution < 1.29 is 19.4 Å². The summed E-state index contributed by atoms with van der Waals surface area (Å²) in [5.74, 6) is 1.48. The molecule has 0 unspecified atom stereocenters. The van der Waals surface area contributed by atoms with Gasteiger partial charge in [0.25, 0.3) is 0 Å². The van der Waals surface area contributed by atoms with Crippen LogP contribution < -0.4 is 4.74 Å². The Morgan fingerprint density at radius 1 is 0.957 bits per heavy atom. The number of halogens is 1. The maximum absolute atomic E-state index is 12.7. The molecular weight excluding hydrogens is 316 g/mol. The highest BCUT2D eigenvalue weighted by Crippen LogP contribution is 2.60. The van der Waals surface area contributed by atoms with Gasteiger partial charge >= 0.3 is 11.9 Å². The van der Waals surface area contributed by atoms with Gasteiger partial charge in [0.1, 0.15) is 5.75 Å². The molecule has 0 aliphatic heterocycles. The molecule has 4 nitrogen and oxygen atoms in total. The molecule has 0 heterocycles. The fraction of sp³-hybridized carbons (Fsp3) is 0.556. The summed E-state index contributed by atoms with van der Waals surface area (Å²) in [7, 11) is 0. The third kappa shape index (κ3) is 2.85. The van der Waals surface area contributed by atoms with Crippen molar-refractivity contribution in [2.45, 2.75) is 38.5 Å². The van der Waals surface area contributed by atoms with Crippen LogP contribution in [-0.2, 0) is 4.79 Å². The molecule has 4 fully saturated rings. The molecule has 4 aliphatic rings. The van der Waals surface area contributed by atoms with Crippen LogP contribution in [-0.4, -0.2) is 17.0 Å². The molecule has 5 heteroatoms. The summed E-state index contributed by atoms with van der Waals surface area (Å²) in [6.07, 6.45) is 6.81. The van der Waals surface area contributed by atoms with E-state index in [-0.39, 0.29) is 29.4 Å². The summed E-state index contributed by atoms with van der Waals surface area (Å²) in [6.45, 7) is 0. The average Bonchev–Trinajstić information content (AvgIpc) is 2.46. The number of esters is 1. The molecule has 0 radical (unpaired) electrons.